The van der Waals surface area contributed by atoms with Gasteiger partial charge in [0, 0.05) is 30.6 Å². The van der Waals surface area contributed by atoms with Crippen LogP contribution in [0.3, 0.4) is 0 Å². The van der Waals surface area contributed by atoms with E-state index in [2.05, 4.69) is 47.5 Å². The van der Waals surface area contributed by atoms with Crippen molar-refractivity contribution in [3.8, 4) is 11.5 Å². The molecule has 1 heterocycles. The number of hydrogen-bond donors (Lipinski definition) is 0. The van der Waals surface area contributed by atoms with Crippen molar-refractivity contribution in [2.24, 2.45) is 5.92 Å². The molecule has 0 radical (unpaired) electrons. The molecule has 1 unspecified atom stereocenters. The van der Waals surface area contributed by atoms with Crippen molar-refractivity contribution in [3.63, 3.8) is 0 Å². The lowest BCUT2D eigenvalue weighted by Gasteiger charge is -2.27. The Kier molecular flexibility index (Phi) is 5.20. The maximum absolute atomic E-state index is 12.8. The second-order valence-electron chi connectivity index (χ2n) is 7.31. The normalized spacial score (nSPS) is 19.8. The van der Waals surface area contributed by atoms with Gasteiger partial charge in [0.25, 0.3) is 0 Å². The van der Waals surface area contributed by atoms with Crippen LogP contribution >= 0.6 is 0 Å². The van der Waals surface area contributed by atoms with Gasteiger partial charge < -0.3 is 14.4 Å². The van der Waals surface area contributed by atoms with Crippen molar-refractivity contribution in [2.75, 3.05) is 20.8 Å². The lowest BCUT2D eigenvalue weighted by molar-refractivity contribution is 0.103. The van der Waals surface area contributed by atoms with Gasteiger partial charge in [0.1, 0.15) is 0 Å². The van der Waals surface area contributed by atoms with Gasteiger partial charge in [-0.15, -0.1) is 0 Å². The Morgan fingerprint density at radius 1 is 1.11 bits per heavy atom. The maximum Gasteiger partial charge on any atom is 0.189 e. The van der Waals surface area contributed by atoms with Gasteiger partial charge in [-0.25, -0.2) is 0 Å². The van der Waals surface area contributed by atoms with Gasteiger partial charge in [0.2, 0.25) is 0 Å². The topological polar surface area (TPSA) is 38.8 Å². The summed E-state index contributed by atoms with van der Waals surface area (Å²) in [4.78, 5) is 15.2. The van der Waals surface area contributed by atoms with Crippen LogP contribution in [0, 0.1) is 5.92 Å². The first-order valence-electron chi connectivity index (χ1n) is 9.64. The first kappa shape index (κ1) is 18.4. The van der Waals surface area contributed by atoms with Gasteiger partial charge in [-0.2, -0.15) is 0 Å². The van der Waals surface area contributed by atoms with Crippen LogP contribution in [0.5, 0.6) is 11.5 Å². The number of hydrogen-bond acceptors (Lipinski definition) is 4. The molecule has 1 aliphatic heterocycles. The van der Waals surface area contributed by atoms with E-state index in [9.17, 15) is 4.79 Å². The first-order chi connectivity index (χ1) is 13.7. The minimum absolute atomic E-state index is 0.107. The molecule has 0 fully saturated rings. The number of allylic oxidation sites excluding steroid dienone is 3. The van der Waals surface area contributed by atoms with E-state index in [1.165, 1.54) is 5.56 Å². The van der Waals surface area contributed by atoms with E-state index in [0.717, 1.165) is 36.2 Å². The number of Topliss-reactive ketones (excluding diaryl/α,β-unsaturated/α-hetero) is 1. The quantitative estimate of drug-likeness (QED) is 0.726. The molecule has 1 aliphatic carbocycles. The van der Waals surface area contributed by atoms with Crippen LogP contribution < -0.4 is 9.47 Å². The average Bonchev–Trinajstić information content (AvgIpc) is 3.03. The Labute approximate surface area is 166 Å². The SMILES string of the molecule is COc1cc2c(cc1OC)C(=O)C(=CC1C=CN(Cc3ccccc3)CC1)C2. The van der Waals surface area contributed by atoms with Gasteiger partial charge in [-0.3, -0.25) is 4.79 Å². The van der Waals surface area contributed by atoms with Crippen molar-refractivity contribution in [3.05, 3.63) is 83.1 Å². The third-order valence-electron chi connectivity index (χ3n) is 5.46. The van der Waals surface area contributed by atoms with Gasteiger partial charge in [-0.1, -0.05) is 42.5 Å². The fraction of sp³-hybridized carbons (Fsp3) is 0.292. The monoisotopic (exact) mass is 375 g/mol. The number of carbonyl (C=O) groups excluding carboxylic acids is 1. The number of ketones is 1. The smallest absolute Gasteiger partial charge is 0.189 e. The highest BCUT2D eigenvalue weighted by Gasteiger charge is 2.28. The van der Waals surface area contributed by atoms with Crippen molar-refractivity contribution in [2.45, 2.75) is 19.4 Å². The summed E-state index contributed by atoms with van der Waals surface area (Å²) in [5.74, 6) is 1.68. The zero-order valence-corrected chi connectivity index (χ0v) is 16.4. The Hall–Kier alpha value is -3.01. The van der Waals surface area contributed by atoms with Gasteiger partial charge >= 0.3 is 0 Å². The summed E-state index contributed by atoms with van der Waals surface area (Å²) in [6.07, 6.45) is 8.18. The van der Waals surface area contributed by atoms with Crippen LogP contribution in [0.25, 0.3) is 0 Å². The Bertz CT molecular complexity index is 930. The third kappa shape index (κ3) is 3.68. The van der Waals surface area contributed by atoms with Gasteiger partial charge in [0.15, 0.2) is 17.3 Å². The Balaban J connectivity index is 1.46. The van der Waals surface area contributed by atoms with Crippen molar-refractivity contribution < 1.29 is 14.3 Å². The molecule has 0 amide bonds. The summed E-state index contributed by atoms with van der Waals surface area (Å²) in [6.45, 7) is 1.91. The molecule has 144 valence electrons. The van der Waals surface area contributed by atoms with E-state index in [0.29, 0.717) is 23.8 Å². The van der Waals surface area contributed by atoms with Crippen LogP contribution in [-0.2, 0) is 13.0 Å². The number of nitrogens with zero attached hydrogens (tertiary/aromatic N) is 1. The van der Waals surface area contributed by atoms with E-state index < -0.39 is 0 Å². The summed E-state index contributed by atoms with van der Waals surface area (Å²) in [6, 6.07) is 14.2. The standard InChI is InChI=1S/C24H25NO3/c1-27-22-14-19-13-20(24(26)21(19)15-23(22)28-2)12-17-8-10-25(11-9-17)16-18-6-4-3-5-7-18/h3-8,10,12,14-15,17H,9,11,13,16H2,1-2H3. The van der Waals surface area contributed by atoms with Crippen molar-refractivity contribution >= 4 is 5.78 Å². The molecule has 0 saturated heterocycles. The summed E-state index contributed by atoms with van der Waals surface area (Å²) in [5.41, 5.74) is 3.93. The minimum Gasteiger partial charge on any atom is -0.493 e. The largest absolute Gasteiger partial charge is 0.493 e. The average molecular weight is 375 g/mol. The van der Waals surface area contributed by atoms with Crippen LogP contribution in [0.1, 0.15) is 27.9 Å². The molecule has 4 nitrogen and oxygen atoms in total. The van der Waals surface area contributed by atoms with E-state index in [1.54, 1.807) is 20.3 Å². The lowest BCUT2D eigenvalue weighted by atomic mass is 9.97. The lowest BCUT2D eigenvalue weighted by Crippen LogP contribution is -2.23. The Morgan fingerprint density at radius 2 is 1.86 bits per heavy atom. The molecule has 4 heteroatoms. The molecule has 2 aromatic rings. The molecule has 28 heavy (non-hydrogen) atoms. The summed E-state index contributed by atoms with van der Waals surface area (Å²) in [7, 11) is 3.21. The third-order valence-corrected chi connectivity index (χ3v) is 5.46. The predicted molar refractivity (Wildman–Crippen MR) is 110 cm³/mol. The zero-order chi connectivity index (χ0) is 19.5. The molecule has 0 aromatic heterocycles. The van der Waals surface area contributed by atoms with Crippen LogP contribution in [0.15, 0.2) is 66.4 Å². The summed E-state index contributed by atoms with van der Waals surface area (Å²) in [5, 5.41) is 0. The molecule has 2 aliphatic rings. The number of benzene rings is 2. The van der Waals surface area contributed by atoms with E-state index >= 15 is 0 Å². The fourth-order valence-electron chi connectivity index (χ4n) is 3.94. The summed E-state index contributed by atoms with van der Waals surface area (Å²) < 4.78 is 10.7. The molecule has 0 spiro atoms. The Morgan fingerprint density at radius 3 is 2.54 bits per heavy atom. The maximum atomic E-state index is 12.8. The van der Waals surface area contributed by atoms with Crippen molar-refractivity contribution in [1.29, 1.82) is 0 Å². The highest BCUT2D eigenvalue weighted by molar-refractivity contribution is 6.13. The van der Waals surface area contributed by atoms with Crippen LogP contribution in [0.2, 0.25) is 0 Å². The predicted octanol–water partition coefficient (Wildman–Crippen LogP) is 4.40. The fourth-order valence-corrected chi connectivity index (χ4v) is 3.94. The number of fused-ring (bicyclic) bond motifs is 1. The van der Waals surface area contributed by atoms with E-state index in [4.69, 9.17) is 9.47 Å². The first-order valence-corrected chi connectivity index (χ1v) is 9.64. The second-order valence-corrected chi connectivity index (χ2v) is 7.31. The molecule has 1 atom stereocenters. The molecule has 0 saturated carbocycles. The number of carbonyl (C=O) groups is 1. The minimum atomic E-state index is 0.107. The molecule has 2 aromatic carbocycles. The molecule has 4 rings (SSSR count). The number of ether oxygens (including phenoxy) is 2. The highest BCUT2D eigenvalue weighted by Crippen LogP contribution is 2.37. The molecular weight excluding hydrogens is 350 g/mol. The second kappa shape index (κ2) is 7.93. The van der Waals surface area contributed by atoms with Crippen molar-refractivity contribution in [1.82, 2.24) is 4.90 Å². The van der Waals surface area contributed by atoms with Crippen LogP contribution in [0.4, 0.5) is 0 Å². The molecule has 0 N–H and O–H groups in total. The number of rotatable bonds is 5. The van der Waals surface area contributed by atoms with Crippen LogP contribution in [-0.4, -0.2) is 31.4 Å². The van der Waals surface area contributed by atoms with E-state index in [-0.39, 0.29) is 5.78 Å². The van der Waals surface area contributed by atoms with E-state index in [1.807, 2.05) is 12.1 Å². The zero-order valence-electron chi connectivity index (χ0n) is 16.4. The summed E-state index contributed by atoms with van der Waals surface area (Å²) >= 11 is 0. The molecular formula is C24H25NO3. The number of methoxy groups -OCH3 is 2. The van der Waals surface area contributed by atoms with Gasteiger partial charge in [0.05, 0.1) is 14.2 Å². The highest BCUT2D eigenvalue weighted by atomic mass is 16.5. The van der Waals surface area contributed by atoms with Gasteiger partial charge in [-0.05, 0) is 41.8 Å². The molecule has 0 bridgehead atoms.